The second-order valence-corrected chi connectivity index (χ2v) is 5.92. The number of carbonyl (C=O) groups excluding carboxylic acids is 1. The number of nitrogens with two attached hydrogens (primary N) is 1. The first kappa shape index (κ1) is 16.8. The van der Waals surface area contributed by atoms with Crippen molar-refractivity contribution in [3.63, 3.8) is 0 Å². The number of benzene rings is 1. The van der Waals surface area contributed by atoms with Crippen LogP contribution in [0.5, 0.6) is 0 Å². The first-order chi connectivity index (χ1) is 10.3. The van der Waals surface area contributed by atoms with E-state index >= 15 is 0 Å². The van der Waals surface area contributed by atoms with Crippen molar-refractivity contribution in [3.8, 4) is 0 Å². The average molecular weight is 314 g/mol. The topological polar surface area (TPSA) is 46.3 Å². The van der Waals surface area contributed by atoms with E-state index in [0.29, 0.717) is 25.6 Å². The monoisotopic (exact) mass is 314 g/mol. The lowest BCUT2D eigenvalue weighted by molar-refractivity contribution is -0.139. The van der Waals surface area contributed by atoms with E-state index in [1.165, 1.54) is 12.1 Å². The Balaban J connectivity index is 2.07. The quantitative estimate of drug-likeness (QED) is 0.928. The molecular weight excluding hydrogens is 293 g/mol. The van der Waals surface area contributed by atoms with E-state index < -0.39 is 17.7 Å². The molecule has 0 spiro atoms. The molecule has 0 aliphatic carbocycles. The molecule has 1 aromatic rings. The van der Waals surface area contributed by atoms with Crippen LogP contribution in [0, 0.1) is 5.92 Å². The van der Waals surface area contributed by atoms with Crippen LogP contribution in [0.1, 0.15) is 36.8 Å². The number of rotatable bonds is 4. The normalized spacial score (nSPS) is 20.2. The summed E-state index contributed by atoms with van der Waals surface area (Å²) in [6.07, 6.45) is -3.44. The number of nitrogens with zero attached hydrogens (tertiary/aromatic N) is 1. The molecule has 122 valence electrons. The van der Waals surface area contributed by atoms with Crippen LogP contribution in [0.4, 0.5) is 13.2 Å². The van der Waals surface area contributed by atoms with Crippen LogP contribution in [-0.2, 0) is 11.0 Å². The van der Waals surface area contributed by atoms with E-state index in [2.05, 4.69) is 0 Å². The molecule has 22 heavy (non-hydrogen) atoms. The summed E-state index contributed by atoms with van der Waals surface area (Å²) in [5, 5.41) is 0. The molecule has 2 N–H and O–H groups in total. The molecule has 0 radical (unpaired) electrons. The van der Waals surface area contributed by atoms with E-state index in [0.717, 1.165) is 12.5 Å². The number of likely N-dealkylation sites (tertiary alicyclic amines) is 1. The SMILES string of the molecule is C[C@@H](CC(=O)N1CC[C@@H](CN)C1)c1ccccc1C(F)(F)F. The van der Waals surface area contributed by atoms with Gasteiger partial charge in [-0.15, -0.1) is 0 Å². The van der Waals surface area contributed by atoms with Gasteiger partial charge in [-0.2, -0.15) is 13.2 Å². The predicted molar refractivity (Wildman–Crippen MR) is 78.2 cm³/mol. The zero-order valence-electron chi connectivity index (χ0n) is 12.6. The van der Waals surface area contributed by atoms with Crippen molar-refractivity contribution >= 4 is 5.91 Å². The average Bonchev–Trinajstić information content (AvgIpc) is 2.95. The number of hydrogen-bond acceptors (Lipinski definition) is 2. The maximum absolute atomic E-state index is 13.0. The minimum Gasteiger partial charge on any atom is -0.342 e. The standard InChI is InChI=1S/C16H21F3N2O/c1-11(8-15(22)21-7-6-12(9-20)10-21)13-4-2-3-5-14(13)16(17,18)19/h2-5,11-12H,6-10,20H2,1H3/t11-,12-/m0/s1. The second-order valence-electron chi connectivity index (χ2n) is 5.92. The van der Waals surface area contributed by atoms with Crippen LogP contribution in [0.2, 0.25) is 0 Å². The van der Waals surface area contributed by atoms with Crippen molar-refractivity contribution in [3.05, 3.63) is 35.4 Å². The van der Waals surface area contributed by atoms with Crippen LogP contribution in [0.15, 0.2) is 24.3 Å². The Labute approximate surface area is 128 Å². The summed E-state index contributed by atoms with van der Waals surface area (Å²) in [4.78, 5) is 14.0. The highest BCUT2D eigenvalue weighted by Gasteiger charge is 2.35. The molecule has 2 atom stereocenters. The van der Waals surface area contributed by atoms with Gasteiger partial charge in [0.2, 0.25) is 5.91 Å². The summed E-state index contributed by atoms with van der Waals surface area (Å²) in [5.74, 6) is -0.260. The smallest absolute Gasteiger partial charge is 0.342 e. The summed E-state index contributed by atoms with van der Waals surface area (Å²) < 4.78 is 39.1. The van der Waals surface area contributed by atoms with E-state index in [-0.39, 0.29) is 17.9 Å². The van der Waals surface area contributed by atoms with Crippen molar-refractivity contribution in [2.24, 2.45) is 11.7 Å². The predicted octanol–water partition coefficient (Wildman–Crippen LogP) is 3.01. The first-order valence-corrected chi connectivity index (χ1v) is 7.47. The lowest BCUT2D eigenvalue weighted by atomic mass is 9.92. The summed E-state index contributed by atoms with van der Waals surface area (Å²) in [6, 6.07) is 5.46. The highest BCUT2D eigenvalue weighted by atomic mass is 19.4. The number of carbonyl (C=O) groups is 1. The Morgan fingerprint density at radius 2 is 2.09 bits per heavy atom. The molecule has 0 saturated carbocycles. The molecule has 1 heterocycles. The minimum absolute atomic E-state index is 0.0877. The van der Waals surface area contributed by atoms with Crippen LogP contribution in [0.25, 0.3) is 0 Å². The fourth-order valence-electron chi connectivity index (χ4n) is 2.94. The first-order valence-electron chi connectivity index (χ1n) is 7.47. The van der Waals surface area contributed by atoms with Crippen molar-refractivity contribution in [1.82, 2.24) is 4.90 Å². The van der Waals surface area contributed by atoms with Crippen LogP contribution < -0.4 is 5.73 Å². The molecule has 1 amide bonds. The van der Waals surface area contributed by atoms with Gasteiger partial charge in [-0.25, -0.2) is 0 Å². The van der Waals surface area contributed by atoms with Gasteiger partial charge in [0.25, 0.3) is 0 Å². The van der Waals surface area contributed by atoms with Crippen molar-refractivity contribution in [1.29, 1.82) is 0 Å². The lowest BCUT2D eigenvalue weighted by Gasteiger charge is -2.21. The van der Waals surface area contributed by atoms with Crippen molar-refractivity contribution in [2.45, 2.75) is 31.9 Å². The Kier molecular flexibility index (Phi) is 5.11. The third kappa shape index (κ3) is 3.80. The number of amides is 1. The van der Waals surface area contributed by atoms with Gasteiger partial charge in [0.15, 0.2) is 0 Å². The van der Waals surface area contributed by atoms with Gasteiger partial charge in [0.1, 0.15) is 0 Å². The third-order valence-corrected chi connectivity index (χ3v) is 4.25. The highest BCUT2D eigenvalue weighted by Crippen LogP contribution is 2.36. The molecular formula is C16H21F3N2O. The maximum Gasteiger partial charge on any atom is 0.416 e. The largest absolute Gasteiger partial charge is 0.416 e. The maximum atomic E-state index is 13.0. The second kappa shape index (κ2) is 6.69. The Morgan fingerprint density at radius 3 is 2.68 bits per heavy atom. The minimum atomic E-state index is -4.40. The summed E-state index contributed by atoms with van der Waals surface area (Å²) in [7, 11) is 0. The van der Waals surface area contributed by atoms with Crippen LogP contribution in [0.3, 0.4) is 0 Å². The zero-order chi connectivity index (χ0) is 16.3. The van der Waals surface area contributed by atoms with Crippen LogP contribution >= 0.6 is 0 Å². The Morgan fingerprint density at radius 1 is 1.41 bits per heavy atom. The number of halogens is 3. The van der Waals surface area contributed by atoms with Gasteiger partial charge in [-0.05, 0) is 36.4 Å². The van der Waals surface area contributed by atoms with Gasteiger partial charge >= 0.3 is 6.18 Å². The summed E-state index contributed by atoms with van der Waals surface area (Å²) >= 11 is 0. The van der Waals surface area contributed by atoms with E-state index in [4.69, 9.17) is 5.73 Å². The van der Waals surface area contributed by atoms with Gasteiger partial charge < -0.3 is 10.6 Å². The Bertz CT molecular complexity index is 530. The van der Waals surface area contributed by atoms with E-state index in [9.17, 15) is 18.0 Å². The molecule has 3 nitrogen and oxygen atoms in total. The molecule has 1 aliphatic heterocycles. The van der Waals surface area contributed by atoms with E-state index in [1.54, 1.807) is 17.9 Å². The molecule has 0 bridgehead atoms. The third-order valence-electron chi connectivity index (χ3n) is 4.25. The van der Waals surface area contributed by atoms with Gasteiger partial charge in [-0.3, -0.25) is 4.79 Å². The highest BCUT2D eigenvalue weighted by molar-refractivity contribution is 5.77. The Hall–Kier alpha value is -1.56. The molecule has 1 aliphatic rings. The number of alkyl halides is 3. The zero-order valence-corrected chi connectivity index (χ0v) is 12.6. The molecule has 2 rings (SSSR count). The number of hydrogen-bond donors (Lipinski definition) is 1. The van der Waals surface area contributed by atoms with Crippen molar-refractivity contribution < 1.29 is 18.0 Å². The molecule has 0 aromatic heterocycles. The van der Waals surface area contributed by atoms with Crippen molar-refractivity contribution in [2.75, 3.05) is 19.6 Å². The molecule has 0 unspecified atom stereocenters. The van der Waals surface area contributed by atoms with Gasteiger partial charge in [-0.1, -0.05) is 25.1 Å². The van der Waals surface area contributed by atoms with E-state index in [1.807, 2.05) is 0 Å². The van der Waals surface area contributed by atoms with Gasteiger partial charge in [0, 0.05) is 19.5 Å². The summed E-state index contributed by atoms with van der Waals surface area (Å²) in [5.41, 5.74) is 5.12. The fraction of sp³-hybridized carbons (Fsp3) is 0.562. The van der Waals surface area contributed by atoms with Gasteiger partial charge in [0.05, 0.1) is 5.56 Å². The van der Waals surface area contributed by atoms with Crippen LogP contribution in [-0.4, -0.2) is 30.4 Å². The summed E-state index contributed by atoms with van der Waals surface area (Å²) in [6.45, 7) is 3.46. The molecule has 1 fully saturated rings. The molecule has 1 saturated heterocycles. The molecule has 6 heteroatoms. The lowest BCUT2D eigenvalue weighted by Crippen LogP contribution is -2.30. The fourth-order valence-corrected chi connectivity index (χ4v) is 2.94. The molecule has 1 aromatic carbocycles.